The van der Waals surface area contributed by atoms with Crippen molar-refractivity contribution in [1.82, 2.24) is 5.32 Å². The van der Waals surface area contributed by atoms with Crippen LogP contribution in [0.5, 0.6) is 0 Å². The Kier molecular flexibility index (Phi) is 22.9. The summed E-state index contributed by atoms with van der Waals surface area (Å²) in [5.41, 5.74) is 3.07. The maximum Gasteiger partial charge on any atom is 0.331 e. The summed E-state index contributed by atoms with van der Waals surface area (Å²) in [7, 11) is -0.258. The van der Waals surface area contributed by atoms with Crippen LogP contribution < -0.4 is 5.32 Å². The molecule has 0 fully saturated rings. The first-order chi connectivity index (χ1) is 25.4. The second-order valence-electron chi connectivity index (χ2n) is 16.3. The zero-order valence-corrected chi connectivity index (χ0v) is 36.7. The van der Waals surface area contributed by atoms with E-state index in [0.717, 1.165) is 30.4 Å². The first kappa shape index (κ1) is 48.5. The topological polar surface area (TPSA) is 73.9 Å². The summed E-state index contributed by atoms with van der Waals surface area (Å²) in [5.74, 6) is -0.359. The third-order valence-electron chi connectivity index (χ3n) is 10.0. The lowest BCUT2D eigenvalue weighted by molar-refractivity contribution is -0.142. The lowest BCUT2D eigenvalue weighted by atomic mass is 9.96. The van der Waals surface area contributed by atoms with Crippen molar-refractivity contribution in [2.24, 2.45) is 23.7 Å². The Morgan fingerprint density at radius 3 is 2.35 bits per heavy atom. The second-order valence-corrected chi connectivity index (χ2v) is 21.1. The number of ether oxygens (including phenoxy) is 2. The first-order valence-corrected chi connectivity index (χ1v) is 22.6. The van der Waals surface area contributed by atoms with Gasteiger partial charge in [0.1, 0.15) is 6.10 Å². The van der Waals surface area contributed by atoms with E-state index in [1.807, 2.05) is 51.2 Å². The van der Waals surface area contributed by atoms with Gasteiger partial charge in [-0.15, -0.1) is 6.58 Å². The van der Waals surface area contributed by atoms with Crippen molar-refractivity contribution in [3.05, 3.63) is 121 Å². The summed E-state index contributed by atoms with van der Waals surface area (Å²) < 4.78 is 18.1. The van der Waals surface area contributed by atoms with Gasteiger partial charge in [-0.25, -0.2) is 4.79 Å². The maximum atomic E-state index is 13.2. The number of rotatable bonds is 11. The number of carbonyl (C=O) groups is 2. The van der Waals surface area contributed by atoms with Gasteiger partial charge in [0.05, 0.1) is 12.0 Å². The molecule has 54 heavy (non-hydrogen) atoms. The van der Waals surface area contributed by atoms with Crippen LogP contribution in [0.15, 0.2) is 121 Å². The fourth-order valence-electron chi connectivity index (χ4n) is 5.35. The van der Waals surface area contributed by atoms with E-state index in [4.69, 9.17) is 13.9 Å². The van der Waals surface area contributed by atoms with Crippen LogP contribution in [0.2, 0.25) is 18.1 Å². The van der Waals surface area contributed by atoms with Crippen LogP contribution in [0.4, 0.5) is 0 Å². The summed E-state index contributed by atoms with van der Waals surface area (Å²) in [6.07, 6.45) is 35.2. The molecular weight excluding hydrogens is 687 g/mol. The van der Waals surface area contributed by atoms with Crippen LogP contribution in [0, 0.1) is 23.7 Å². The summed E-state index contributed by atoms with van der Waals surface area (Å²) in [5, 5.41) is 3.15. The fourth-order valence-corrected chi connectivity index (χ4v) is 6.40. The smallest absolute Gasteiger partial charge is 0.331 e. The monoisotopic (exact) mass is 760 g/mol. The molecular formula is C47H73NO5Si. The molecule has 7 heteroatoms. The number of esters is 1. The SMILES string of the molecule is C=CC[C@@H](CO[Si](C)(C)C(C)(C)C)C(=O)NC/C(C)=C/C=C(\C)[C@H]1OC(=O)/C=C/[C@H](C)/C=C/C(C)=C/[C@@H](C)C/C=C/C=C\CC[C@H](OC)/C=C/C=C/[C@@H]1C. The van der Waals surface area contributed by atoms with Gasteiger partial charge in [-0.2, -0.15) is 0 Å². The van der Waals surface area contributed by atoms with E-state index in [2.05, 4.69) is 121 Å². The van der Waals surface area contributed by atoms with Crippen molar-refractivity contribution >= 4 is 20.2 Å². The third kappa shape index (κ3) is 20.2. The predicted molar refractivity (Wildman–Crippen MR) is 233 cm³/mol. The maximum absolute atomic E-state index is 13.2. The van der Waals surface area contributed by atoms with Gasteiger partial charge in [-0.3, -0.25) is 4.79 Å². The summed E-state index contributed by atoms with van der Waals surface area (Å²) in [4.78, 5) is 26.4. The minimum absolute atomic E-state index is 0.00179. The number of hydrogen-bond acceptors (Lipinski definition) is 5. The zero-order valence-electron chi connectivity index (χ0n) is 35.7. The lowest BCUT2D eigenvalue weighted by Gasteiger charge is -2.37. The van der Waals surface area contributed by atoms with E-state index in [-0.39, 0.29) is 40.8 Å². The van der Waals surface area contributed by atoms with Crippen LogP contribution in [0.25, 0.3) is 0 Å². The molecule has 0 unspecified atom stereocenters. The molecule has 0 spiro atoms. The molecule has 0 aromatic rings. The number of cyclic esters (lactones) is 1. The summed E-state index contributed by atoms with van der Waals surface area (Å²) in [6, 6.07) is 0. The van der Waals surface area contributed by atoms with Crippen molar-refractivity contribution in [1.29, 1.82) is 0 Å². The van der Waals surface area contributed by atoms with Crippen LogP contribution in [0.3, 0.4) is 0 Å². The second kappa shape index (κ2) is 25.5. The lowest BCUT2D eigenvalue weighted by Crippen LogP contribution is -2.44. The van der Waals surface area contributed by atoms with E-state index in [1.54, 1.807) is 13.2 Å². The van der Waals surface area contributed by atoms with Crippen molar-refractivity contribution in [3.63, 3.8) is 0 Å². The Morgan fingerprint density at radius 2 is 1.69 bits per heavy atom. The molecule has 0 bridgehead atoms. The van der Waals surface area contributed by atoms with Gasteiger partial charge < -0.3 is 19.2 Å². The van der Waals surface area contributed by atoms with E-state index in [0.29, 0.717) is 25.5 Å². The van der Waals surface area contributed by atoms with Gasteiger partial charge >= 0.3 is 5.97 Å². The van der Waals surface area contributed by atoms with Crippen molar-refractivity contribution < 1.29 is 23.5 Å². The average molecular weight is 760 g/mol. The molecule has 1 N–H and O–H groups in total. The van der Waals surface area contributed by atoms with E-state index in [9.17, 15) is 9.59 Å². The highest BCUT2D eigenvalue weighted by atomic mass is 28.4. The van der Waals surface area contributed by atoms with Crippen molar-refractivity contribution in [3.8, 4) is 0 Å². The highest BCUT2D eigenvalue weighted by Crippen LogP contribution is 2.37. The van der Waals surface area contributed by atoms with E-state index < -0.39 is 14.4 Å². The van der Waals surface area contributed by atoms with Crippen molar-refractivity contribution in [2.45, 2.75) is 118 Å². The quantitative estimate of drug-likeness (QED) is 0.0983. The van der Waals surface area contributed by atoms with Gasteiger partial charge in [-0.1, -0.05) is 144 Å². The molecule has 1 heterocycles. The molecule has 0 saturated carbocycles. The molecule has 1 aliphatic rings. The summed E-state index contributed by atoms with van der Waals surface area (Å²) in [6.45, 7) is 28.0. The predicted octanol–water partition coefficient (Wildman–Crippen LogP) is 11.5. The van der Waals surface area contributed by atoms with Crippen molar-refractivity contribution in [2.75, 3.05) is 20.3 Å². The Balaban J connectivity index is 3.23. The van der Waals surface area contributed by atoms with Crippen LogP contribution in [-0.4, -0.2) is 52.7 Å². The molecule has 0 aromatic heterocycles. The minimum Gasteiger partial charge on any atom is -0.454 e. The summed E-state index contributed by atoms with van der Waals surface area (Å²) >= 11 is 0. The largest absolute Gasteiger partial charge is 0.454 e. The van der Waals surface area contributed by atoms with Gasteiger partial charge in [0.2, 0.25) is 5.91 Å². The number of nitrogens with one attached hydrogen (secondary N) is 1. The third-order valence-corrected chi connectivity index (χ3v) is 14.5. The molecule has 6 nitrogen and oxygen atoms in total. The molecule has 0 aliphatic carbocycles. The van der Waals surface area contributed by atoms with Gasteiger partial charge in [-0.05, 0) is 82.0 Å². The number of carbonyl (C=O) groups excluding carboxylic acids is 2. The highest BCUT2D eigenvalue weighted by molar-refractivity contribution is 6.74. The Morgan fingerprint density at radius 1 is 1.02 bits per heavy atom. The highest BCUT2D eigenvalue weighted by Gasteiger charge is 2.38. The Labute approximate surface area is 330 Å². The normalized spacial score (nSPS) is 28.6. The van der Waals surface area contributed by atoms with Gasteiger partial charge in [0.25, 0.3) is 0 Å². The first-order valence-electron chi connectivity index (χ1n) is 19.7. The fraction of sp³-hybridized carbons (Fsp3) is 0.532. The van der Waals surface area contributed by atoms with Gasteiger partial charge in [0, 0.05) is 32.3 Å². The van der Waals surface area contributed by atoms with E-state index >= 15 is 0 Å². The molecule has 0 radical (unpaired) electrons. The van der Waals surface area contributed by atoms with Crippen LogP contribution >= 0.6 is 0 Å². The molecule has 1 amide bonds. The number of hydrogen-bond donors (Lipinski definition) is 1. The number of allylic oxidation sites excluding steroid dienone is 14. The van der Waals surface area contributed by atoms with E-state index in [1.165, 1.54) is 11.6 Å². The minimum atomic E-state index is -1.99. The number of methoxy groups -OCH3 is 1. The molecule has 1 aliphatic heterocycles. The zero-order chi connectivity index (χ0) is 40.7. The molecule has 1 rings (SSSR count). The number of amides is 1. The molecule has 6 atom stereocenters. The average Bonchev–Trinajstić information content (AvgIpc) is 3.11. The molecule has 0 aromatic carbocycles. The Hall–Kier alpha value is -3.52. The van der Waals surface area contributed by atoms with Crippen LogP contribution in [-0.2, 0) is 23.5 Å². The molecule has 300 valence electrons. The van der Waals surface area contributed by atoms with Crippen LogP contribution in [0.1, 0.15) is 88.0 Å². The molecule has 0 saturated heterocycles. The van der Waals surface area contributed by atoms with Gasteiger partial charge in [0.15, 0.2) is 8.32 Å². The Bertz CT molecular complexity index is 1450. The standard InChI is InChI=1S/C47H73NO5Si/c1-14-22-42(35-52-54(12,13)47(8,9)10)46(50)48-34-39(5)29-31-41(7)45-40(6)24-20-21-26-43(51-11)25-19-17-15-16-18-23-37(3)33-38(4)28-27-36(2)30-32-44(49)53-45/h14-18,20-21,24,26-33,36-37,40,42-43,45H,1,19,22-23,25,34-35H2,2-13H3,(H,48,50)/b17-15-,18-16+,24-20+,26-21+,28-27+,32-30+,38-33+,39-29+,41-31+/t36-,37+,40+,42+,43+,45+/m1/s1.